The van der Waals surface area contributed by atoms with Gasteiger partial charge < -0.3 is 9.47 Å². The van der Waals surface area contributed by atoms with Crippen molar-refractivity contribution < 1.29 is 35.8 Å². The molecule has 1 atom stereocenters. The number of nitrogens with zero attached hydrogens (tertiary/aromatic N) is 5. The average molecular weight is 421 g/mol. The molecule has 13 heteroatoms. The van der Waals surface area contributed by atoms with Crippen molar-refractivity contribution in [2.24, 2.45) is 0 Å². The smallest absolute Gasteiger partial charge is 0.425 e. The van der Waals surface area contributed by atoms with Crippen LogP contribution in [0.5, 0.6) is 5.88 Å². The third-order valence-corrected chi connectivity index (χ3v) is 3.73. The lowest BCUT2D eigenvalue weighted by molar-refractivity contribution is -0.251. The van der Waals surface area contributed by atoms with Gasteiger partial charge in [0, 0.05) is 18.0 Å². The summed E-state index contributed by atoms with van der Waals surface area (Å²) in [7, 11) is 0. The van der Waals surface area contributed by atoms with Gasteiger partial charge in [0.15, 0.2) is 17.6 Å². The normalized spacial score (nSPS) is 13.7. The van der Waals surface area contributed by atoms with Crippen LogP contribution in [0.25, 0.3) is 16.9 Å². The molecular weight excluding hydrogens is 408 g/mol. The van der Waals surface area contributed by atoms with E-state index in [-0.39, 0.29) is 23.5 Å². The molecule has 0 aliphatic rings. The van der Waals surface area contributed by atoms with Gasteiger partial charge in [-0.25, -0.2) is 9.37 Å². The Bertz CT molecular complexity index is 1020. The molecule has 0 spiro atoms. The largest absolute Gasteiger partial charge is 0.463 e. The Morgan fingerprint density at radius 2 is 1.83 bits per heavy atom. The van der Waals surface area contributed by atoms with Crippen LogP contribution < -0.4 is 4.74 Å². The van der Waals surface area contributed by atoms with E-state index in [0.29, 0.717) is 6.92 Å². The summed E-state index contributed by atoms with van der Waals surface area (Å²) in [5, 5.41) is 6.95. The van der Waals surface area contributed by atoms with E-state index < -0.39 is 35.9 Å². The SMILES string of the molecule is CCOC(F)(F)c1nnc2cnc(-c3cnc(O[C@H](C)C(F)(F)F)c(F)c3)cn12. The molecule has 0 aromatic carbocycles. The summed E-state index contributed by atoms with van der Waals surface area (Å²) in [6, 6.07) is 0.824. The summed E-state index contributed by atoms with van der Waals surface area (Å²) in [5.41, 5.74) is -0.0148. The second kappa shape index (κ2) is 7.46. The molecule has 3 aromatic rings. The van der Waals surface area contributed by atoms with Gasteiger partial charge >= 0.3 is 12.3 Å². The van der Waals surface area contributed by atoms with Gasteiger partial charge in [-0.15, -0.1) is 10.2 Å². The Kier molecular flexibility index (Phi) is 5.34. The zero-order valence-electron chi connectivity index (χ0n) is 14.9. The maximum absolute atomic E-state index is 14.2. The van der Waals surface area contributed by atoms with E-state index in [2.05, 4.69) is 29.6 Å². The highest BCUT2D eigenvalue weighted by Crippen LogP contribution is 2.30. The van der Waals surface area contributed by atoms with Crippen molar-refractivity contribution in [3.05, 3.63) is 36.3 Å². The molecule has 0 amide bonds. The monoisotopic (exact) mass is 421 g/mol. The lowest BCUT2D eigenvalue weighted by atomic mass is 10.2. The lowest BCUT2D eigenvalue weighted by Crippen LogP contribution is -2.31. The highest BCUT2D eigenvalue weighted by atomic mass is 19.4. The molecule has 0 radical (unpaired) electrons. The molecule has 3 aromatic heterocycles. The summed E-state index contributed by atoms with van der Waals surface area (Å²) < 4.78 is 89.6. The number of pyridine rings is 1. The molecule has 156 valence electrons. The van der Waals surface area contributed by atoms with Gasteiger partial charge in [0.05, 0.1) is 18.5 Å². The van der Waals surface area contributed by atoms with E-state index >= 15 is 0 Å². The quantitative estimate of drug-likeness (QED) is 0.565. The molecular formula is C16H13F6N5O2. The second-order valence-corrected chi connectivity index (χ2v) is 5.79. The third-order valence-electron chi connectivity index (χ3n) is 3.73. The van der Waals surface area contributed by atoms with Crippen LogP contribution in [0, 0.1) is 5.82 Å². The third kappa shape index (κ3) is 4.23. The van der Waals surface area contributed by atoms with E-state index in [1.807, 2.05) is 0 Å². The van der Waals surface area contributed by atoms with Gasteiger partial charge in [-0.1, -0.05) is 0 Å². The Balaban J connectivity index is 1.96. The predicted molar refractivity (Wildman–Crippen MR) is 85.6 cm³/mol. The Morgan fingerprint density at radius 3 is 2.45 bits per heavy atom. The van der Waals surface area contributed by atoms with Crippen LogP contribution in [-0.4, -0.2) is 43.5 Å². The summed E-state index contributed by atoms with van der Waals surface area (Å²) in [6.45, 7) is 1.80. The van der Waals surface area contributed by atoms with E-state index in [0.717, 1.165) is 29.1 Å². The van der Waals surface area contributed by atoms with Gasteiger partial charge in [0.2, 0.25) is 5.82 Å². The molecule has 0 unspecified atom stereocenters. The number of fused-ring (bicyclic) bond motifs is 1. The van der Waals surface area contributed by atoms with Crippen molar-refractivity contribution in [1.29, 1.82) is 0 Å². The minimum Gasteiger partial charge on any atom is -0.463 e. The van der Waals surface area contributed by atoms with Crippen molar-refractivity contribution in [3.63, 3.8) is 0 Å². The fraction of sp³-hybridized carbons (Fsp3) is 0.375. The zero-order chi connectivity index (χ0) is 21.4. The molecule has 0 saturated carbocycles. The Morgan fingerprint density at radius 1 is 1.10 bits per heavy atom. The first-order valence-corrected chi connectivity index (χ1v) is 8.15. The van der Waals surface area contributed by atoms with E-state index in [1.165, 1.54) is 6.92 Å². The number of alkyl halides is 5. The van der Waals surface area contributed by atoms with E-state index in [4.69, 9.17) is 0 Å². The lowest BCUT2D eigenvalue weighted by Gasteiger charge is -2.17. The van der Waals surface area contributed by atoms with Crippen LogP contribution in [-0.2, 0) is 10.8 Å². The minimum absolute atomic E-state index is 0.00679. The minimum atomic E-state index is -4.70. The summed E-state index contributed by atoms with van der Waals surface area (Å²) in [5.74, 6) is -2.85. The van der Waals surface area contributed by atoms with E-state index in [9.17, 15) is 26.3 Å². The van der Waals surface area contributed by atoms with Crippen LogP contribution in [0.3, 0.4) is 0 Å². The first kappa shape index (κ1) is 20.8. The number of ether oxygens (including phenoxy) is 2. The highest BCUT2D eigenvalue weighted by molar-refractivity contribution is 5.59. The Labute approximate surface area is 159 Å². The van der Waals surface area contributed by atoms with Crippen LogP contribution in [0.1, 0.15) is 19.7 Å². The van der Waals surface area contributed by atoms with Crippen molar-refractivity contribution in [3.8, 4) is 17.1 Å². The topological polar surface area (TPSA) is 74.4 Å². The van der Waals surface area contributed by atoms with Crippen LogP contribution in [0.2, 0.25) is 0 Å². The predicted octanol–water partition coefficient (Wildman–Crippen LogP) is 3.74. The summed E-state index contributed by atoms with van der Waals surface area (Å²) in [4.78, 5) is 7.48. The van der Waals surface area contributed by atoms with Crippen molar-refractivity contribution in [1.82, 2.24) is 24.6 Å². The molecule has 0 N–H and O–H groups in total. The van der Waals surface area contributed by atoms with Gasteiger partial charge in [-0.05, 0) is 19.9 Å². The molecule has 0 fully saturated rings. The zero-order valence-corrected chi connectivity index (χ0v) is 14.9. The fourth-order valence-electron chi connectivity index (χ4n) is 2.28. The van der Waals surface area contributed by atoms with Crippen LogP contribution in [0.15, 0.2) is 24.7 Å². The molecule has 3 rings (SSSR count). The first-order chi connectivity index (χ1) is 13.5. The highest BCUT2D eigenvalue weighted by Gasteiger charge is 2.39. The summed E-state index contributed by atoms with van der Waals surface area (Å²) in [6.07, 6.45) is -7.49. The molecule has 0 aliphatic heterocycles. The number of hydrogen-bond donors (Lipinski definition) is 0. The second-order valence-electron chi connectivity index (χ2n) is 5.79. The number of halogens is 6. The van der Waals surface area contributed by atoms with Crippen LogP contribution in [0.4, 0.5) is 26.3 Å². The summed E-state index contributed by atoms with van der Waals surface area (Å²) >= 11 is 0. The number of rotatable bonds is 6. The molecule has 3 heterocycles. The van der Waals surface area contributed by atoms with Crippen molar-refractivity contribution >= 4 is 5.65 Å². The maximum atomic E-state index is 14.2. The van der Waals surface area contributed by atoms with Gasteiger partial charge in [-0.2, -0.15) is 22.0 Å². The average Bonchev–Trinajstić information content (AvgIpc) is 3.06. The fourth-order valence-corrected chi connectivity index (χ4v) is 2.28. The maximum Gasteiger partial charge on any atom is 0.425 e. The van der Waals surface area contributed by atoms with Crippen molar-refractivity contribution in [2.75, 3.05) is 6.61 Å². The molecule has 7 nitrogen and oxygen atoms in total. The molecule has 29 heavy (non-hydrogen) atoms. The van der Waals surface area contributed by atoms with Gasteiger partial charge in [0.1, 0.15) is 0 Å². The first-order valence-electron chi connectivity index (χ1n) is 8.15. The van der Waals surface area contributed by atoms with Crippen molar-refractivity contribution in [2.45, 2.75) is 32.2 Å². The van der Waals surface area contributed by atoms with Gasteiger partial charge in [-0.3, -0.25) is 9.38 Å². The standard InChI is InChI=1S/C16H13F6N5O2/c1-3-28-16(21,22)14-26-25-12-6-23-11(7-27(12)14)9-4-10(17)13(24-5-9)29-8(2)15(18,19)20/h4-8H,3H2,1-2H3/t8-/m1/s1. The van der Waals surface area contributed by atoms with Gasteiger partial charge in [0.25, 0.3) is 5.88 Å². The number of aromatic nitrogens is 5. The Hall–Kier alpha value is -2.96. The number of hydrogen-bond acceptors (Lipinski definition) is 6. The van der Waals surface area contributed by atoms with Crippen LogP contribution >= 0.6 is 0 Å². The molecule has 0 saturated heterocycles. The molecule has 0 aliphatic carbocycles. The molecule has 0 bridgehead atoms. The van der Waals surface area contributed by atoms with E-state index in [1.54, 1.807) is 0 Å².